The highest BCUT2D eigenvalue weighted by Crippen LogP contribution is 2.38. The number of hydrogen-bond donors (Lipinski definition) is 1. The number of carboxylic acids is 1. The molecular formula is C25H18N2O4S. The van der Waals surface area contributed by atoms with Gasteiger partial charge in [-0.05, 0) is 35.9 Å². The topological polar surface area (TPSA) is 79.7 Å². The van der Waals surface area contributed by atoms with Crippen LogP contribution in [0.3, 0.4) is 0 Å². The van der Waals surface area contributed by atoms with Crippen molar-refractivity contribution in [2.75, 3.05) is 11.5 Å². The maximum absolute atomic E-state index is 12.7. The summed E-state index contributed by atoms with van der Waals surface area (Å²) >= 11 is 1.57. The van der Waals surface area contributed by atoms with Crippen molar-refractivity contribution in [3.8, 4) is 27.6 Å². The lowest BCUT2D eigenvalue weighted by atomic mass is 10.1. The number of carbonyl (C=O) groups is 2. The molecule has 0 spiro atoms. The molecule has 7 heteroatoms. The van der Waals surface area contributed by atoms with Crippen LogP contribution in [0.1, 0.15) is 15.9 Å². The van der Waals surface area contributed by atoms with Gasteiger partial charge in [-0.2, -0.15) is 0 Å². The molecule has 0 atom stereocenters. The van der Waals surface area contributed by atoms with Crippen molar-refractivity contribution in [1.29, 1.82) is 0 Å². The molecule has 1 N–H and O–H groups in total. The minimum absolute atomic E-state index is 0.0333. The van der Waals surface area contributed by atoms with E-state index < -0.39 is 5.97 Å². The van der Waals surface area contributed by atoms with Gasteiger partial charge in [0.05, 0.1) is 23.5 Å². The quantitative estimate of drug-likeness (QED) is 0.465. The number of hydrogen-bond acceptors (Lipinski definition) is 5. The number of carboxylic acid groups (broad SMARTS) is 1. The SMILES string of the molecule is O=C(O)c1ccc(CN2C(=O)COc3ccc(-c4csc(-c5ccccc5)n4)cc32)cc1. The van der Waals surface area contributed by atoms with Crippen LogP contribution in [0.15, 0.2) is 78.2 Å². The molecule has 5 rings (SSSR count). The van der Waals surface area contributed by atoms with E-state index in [0.717, 1.165) is 27.4 Å². The van der Waals surface area contributed by atoms with Gasteiger partial charge in [0.1, 0.15) is 10.8 Å². The van der Waals surface area contributed by atoms with E-state index in [-0.39, 0.29) is 18.1 Å². The average Bonchev–Trinajstić information content (AvgIpc) is 3.32. The molecule has 1 amide bonds. The lowest BCUT2D eigenvalue weighted by Crippen LogP contribution is -2.38. The normalized spacial score (nSPS) is 12.9. The molecule has 6 nitrogen and oxygen atoms in total. The van der Waals surface area contributed by atoms with E-state index in [4.69, 9.17) is 14.8 Å². The summed E-state index contributed by atoms with van der Waals surface area (Å²) in [5, 5.41) is 12.0. The Hall–Kier alpha value is -3.97. The average molecular weight is 442 g/mol. The molecule has 158 valence electrons. The Balaban J connectivity index is 1.46. The van der Waals surface area contributed by atoms with Crippen molar-refractivity contribution in [3.63, 3.8) is 0 Å². The summed E-state index contributed by atoms with van der Waals surface area (Å²) in [4.78, 5) is 30.2. The molecule has 1 aromatic heterocycles. The second-order valence-electron chi connectivity index (χ2n) is 7.36. The molecule has 0 aliphatic carbocycles. The number of aromatic carboxylic acids is 1. The van der Waals surface area contributed by atoms with E-state index >= 15 is 0 Å². The van der Waals surface area contributed by atoms with Gasteiger partial charge in [0.25, 0.3) is 5.91 Å². The van der Waals surface area contributed by atoms with Gasteiger partial charge in [0.2, 0.25) is 0 Å². The number of nitrogens with zero attached hydrogens (tertiary/aromatic N) is 2. The van der Waals surface area contributed by atoms with Crippen molar-refractivity contribution in [1.82, 2.24) is 4.98 Å². The minimum Gasteiger partial charge on any atom is -0.482 e. The van der Waals surface area contributed by atoms with Gasteiger partial charge < -0.3 is 14.7 Å². The number of benzene rings is 3. The van der Waals surface area contributed by atoms with Crippen LogP contribution in [-0.4, -0.2) is 28.6 Å². The fourth-order valence-corrected chi connectivity index (χ4v) is 4.43. The summed E-state index contributed by atoms with van der Waals surface area (Å²) in [7, 11) is 0. The third-order valence-electron chi connectivity index (χ3n) is 5.26. The van der Waals surface area contributed by atoms with Crippen LogP contribution in [0.5, 0.6) is 5.75 Å². The zero-order chi connectivity index (χ0) is 22.1. The Bertz CT molecular complexity index is 1300. The van der Waals surface area contributed by atoms with Gasteiger partial charge in [-0.15, -0.1) is 11.3 Å². The molecule has 1 aliphatic heterocycles. The zero-order valence-corrected chi connectivity index (χ0v) is 17.7. The Labute approximate surface area is 188 Å². The summed E-state index contributed by atoms with van der Waals surface area (Å²) in [5.74, 6) is -0.499. The lowest BCUT2D eigenvalue weighted by Gasteiger charge is -2.30. The third kappa shape index (κ3) is 3.86. The van der Waals surface area contributed by atoms with E-state index in [0.29, 0.717) is 18.0 Å². The van der Waals surface area contributed by atoms with Gasteiger partial charge in [-0.3, -0.25) is 4.79 Å². The zero-order valence-electron chi connectivity index (χ0n) is 16.9. The second kappa shape index (κ2) is 8.28. The van der Waals surface area contributed by atoms with Crippen LogP contribution in [0.2, 0.25) is 0 Å². The van der Waals surface area contributed by atoms with Crippen LogP contribution in [0.4, 0.5) is 5.69 Å². The van der Waals surface area contributed by atoms with Gasteiger partial charge in [0, 0.05) is 16.5 Å². The largest absolute Gasteiger partial charge is 0.482 e. The lowest BCUT2D eigenvalue weighted by molar-refractivity contribution is -0.121. The molecule has 3 aromatic carbocycles. The van der Waals surface area contributed by atoms with E-state index in [1.165, 1.54) is 0 Å². The van der Waals surface area contributed by atoms with E-state index in [9.17, 15) is 9.59 Å². The van der Waals surface area contributed by atoms with Crippen LogP contribution in [0.25, 0.3) is 21.8 Å². The van der Waals surface area contributed by atoms with Gasteiger partial charge in [-0.25, -0.2) is 9.78 Å². The van der Waals surface area contributed by atoms with Crippen molar-refractivity contribution < 1.29 is 19.4 Å². The molecule has 32 heavy (non-hydrogen) atoms. The van der Waals surface area contributed by atoms with Crippen LogP contribution in [-0.2, 0) is 11.3 Å². The molecular weight excluding hydrogens is 424 g/mol. The standard InChI is InChI=1S/C25H18N2O4S/c28-23-14-31-22-11-10-19(20-15-32-24(26-20)17-4-2-1-3-5-17)12-21(22)27(23)13-16-6-8-18(9-7-16)25(29)30/h1-12,15H,13-14H2,(H,29,30). The number of ether oxygens (including phenoxy) is 1. The summed E-state index contributed by atoms with van der Waals surface area (Å²) in [5.41, 5.74) is 4.51. The summed E-state index contributed by atoms with van der Waals surface area (Å²) < 4.78 is 5.63. The number of rotatable bonds is 5. The first-order chi connectivity index (χ1) is 15.6. The molecule has 4 aromatic rings. The maximum Gasteiger partial charge on any atom is 0.335 e. The van der Waals surface area contributed by atoms with E-state index in [1.54, 1.807) is 40.5 Å². The number of thiazole rings is 1. The van der Waals surface area contributed by atoms with Crippen molar-refractivity contribution in [3.05, 3.63) is 89.3 Å². The first-order valence-corrected chi connectivity index (χ1v) is 10.9. The first kappa shape index (κ1) is 20.0. The monoisotopic (exact) mass is 442 g/mol. The molecule has 2 heterocycles. The van der Waals surface area contributed by atoms with Gasteiger partial charge >= 0.3 is 5.97 Å². The number of amides is 1. The highest BCUT2D eigenvalue weighted by atomic mass is 32.1. The van der Waals surface area contributed by atoms with Gasteiger partial charge in [0.15, 0.2) is 6.61 Å². The molecule has 0 unspecified atom stereocenters. The van der Waals surface area contributed by atoms with Crippen molar-refractivity contribution >= 4 is 28.9 Å². The van der Waals surface area contributed by atoms with Crippen LogP contribution < -0.4 is 9.64 Å². The smallest absolute Gasteiger partial charge is 0.335 e. The summed E-state index contributed by atoms with van der Waals surface area (Å²) in [6.45, 7) is 0.291. The fraction of sp³-hybridized carbons (Fsp3) is 0.0800. The van der Waals surface area contributed by atoms with Crippen LogP contribution >= 0.6 is 11.3 Å². The third-order valence-corrected chi connectivity index (χ3v) is 6.16. The highest BCUT2D eigenvalue weighted by Gasteiger charge is 2.26. The van der Waals surface area contributed by atoms with Crippen LogP contribution in [0, 0.1) is 0 Å². The fourth-order valence-electron chi connectivity index (χ4n) is 3.59. The Morgan fingerprint density at radius 3 is 2.56 bits per heavy atom. The molecule has 1 aliphatic rings. The van der Waals surface area contributed by atoms with Crippen molar-refractivity contribution in [2.45, 2.75) is 6.54 Å². The summed E-state index contributed by atoms with van der Waals surface area (Å²) in [6.07, 6.45) is 0. The van der Waals surface area contributed by atoms with Crippen molar-refractivity contribution in [2.24, 2.45) is 0 Å². The molecule has 0 saturated carbocycles. The number of aromatic nitrogens is 1. The minimum atomic E-state index is -0.980. The second-order valence-corrected chi connectivity index (χ2v) is 8.22. The van der Waals surface area contributed by atoms with E-state index in [2.05, 4.69) is 0 Å². The first-order valence-electron chi connectivity index (χ1n) is 9.99. The molecule has 0 bridgehead atoms. The maximum atomic E-state index is 12.7. The molecule has 0 saturated heterocycles. The van der Waals surface area contributed by atoms with Gasteiger partial charge in [-0.1, -0.05) is 42.5 Å². The highest BCUT2D eigenvalue weighted by molar-refractivity contribution is 7.13. The molecule has 0 fully saturated rings. The number of fused-ring (bicyclic) bond motifs is 1. The Morgan fingerprint density at radius 2 is 1.81 bits per heavy atom. The molecule has 0 radical (unpaired) electrons. The van der Waals surface area contributed by atoms with E-state index in [1.807, 2.05) is 53.9 Å². The predicted molar refractivity (Wildman–Crippen MR) is 123 cm³/mol. The Kier molecular flexibility index (Phi) is 5.17. The summed E-state index contributed by atoms with van der Waals surface area (Å²) in [6, 6.07) is 22.3. The number of anilines is 1. The number of carbonyl (C=O) groups excluding carboxylic acids is 1. The predicted octanol–water partition coefficient (Wildman–Crippen LogP) is 5.10. The Morgan fingerprint density at radius 1 is 1.03 bits per heavy atom.